The summed E-state index contributed by atoms with van der Waals surface area (Å²) in [5, 5.41) is 7.47. The van der Waals surface area contributed by atoms with Crippen molar-refractivity contribution < 1.29 is 4.39 Å². The summed E-state index contributed by atoms with van der Waals surface area (Å²) in [6, 6.07) is 5.01. The first-order valence-corrected chi connectivity index (χ1v) is 9.89. The molecule has 2 N–H and O–H groups in total. The number of fused-ring (bicyclic) bond motifs is 1. The molecule has 7 nitrogen and oxygen atoms in total. The van der Waals surface area contributed by atoms with Gasteiger partial charge in [-0.05, 0) is 42.2 Å². The van der Waals surface area contributed by atoms with E-state index in [2.05, 4.69) is 30.4 Å². The molecule has 0 atom stereocenters. The predicted molar refractivity (Wildman–Crippen MR) is 109 cm³/mol. The molecule has 0 unspecified atom stereocenters. The molecule has 148 valence electrons. The van der Waals surface area contributed by atoms with Crippen LogP contribution in [0.4, 0.5) is 10.2 Å². The first kappa shape index (κ1) is 17.8. The van der Waals surface area contributed by atoms with Gasteiger partial charge in [0.25, 0.3) is 0 Å². The lowest BCUT2D eigenvalue weighted by Crippen LogP contribution is -2.03. The van der Waals surface area contributed by atoms with Crippen LogP contribution >= 0.6 is 0 Å². The van der Waals surface area contributed by atoms with Gasteiger partial charge in [0.05, 0.1) is 6.20 Å². The average Bonchev–Trinajstić information content (AvgIpc) is 3.45. The lowest BCUT2D eigenvalue weighted by molar-refractivity contribution is 0.626. The van der Waals surface area contributed by atoms with Gasteiger partial charge in [0, 0.05) is 31.3 Å². The van der Waals surface area contributed by atoms with Crippen molar-refractivity contribution in [3.05, 3.63) is 54.1 Å². The summed E-state index contributed by atoms with van der Waals surface area (Å²) in [5.41, 5.74) is 3.98. The maximum absolute atomic E-state index is 14.2. The normalized spacial score (nSPS) is 14.7. The van der Waals surface area contributed by atoms with Crippen LogP contribution in [0.3, 0.4) is 0 Å². The van der Waals surface area contributed by atoms with Gasteiger partial charge in [-0.15, -0.1) is 0 Å². The van der Waals surface area contributed by atoms with Gasteiger partial charge in [-0.3, -0.25) is 4.68 Å². The van der Waals surface area contributed by atoms with E-state index in [1.807, 2.05) is 19.3 Å². The molecular formula is C21H22FN7. The Hall–Kier alpha value is -3.29. The molecule has 1 aliphatic rings. The van der Waals surface area contributed by atoms with E-state index in [0.29, 0.717) is 23.9 Å². The maximum atomic E-state index is 14.2. The number of benzene rings is 1. The Kier molecular flexibility index (Phi) is 4.46. The summed E-state index contributed by atoms with van der Waals surface area (Å²) in [6.07, 6.45) is 9.93. The number of aromatic nitrogens is 6. The number of hydrogen-bond acceptors (Lipinski definition) is 5. The maximum Gasteiger partial charge on any atom is 0.183 e. The van der Waals surface area contributed by atoms with Crippen LogP contribution in [-0.4, -0.2) is 29.7 Å². The second-order valence-corrected chi connectivity index (χ2v) is 7.63. The monoisotopic (exact) mass is 391 g/mol. The van der Waals surface area contributed by atoms with Crippen LogP contribution < -0.4 is 5.32 Å². The molecule has 8 heteroatoms. The highest BCUT2D eigenvalue weighted by molar-refractivity contribution is 5.82. The summed E-state index contributed by atoms with van der Waals surface area (Å²) in [5.74, 6) is 1.87. The number of rotatable bonds is 5. The summed E-state index contributed by atoms with van der Waals surface area (Å²) in [7, 11) is 1.84. The Morgan fingerprint density at radius 1 is 1.17 bits per heavy atom. The first-order valence-electron chi connectivity index (χ1n) is 9.89. The highest BCUT2D eigenvalue weighted by Crippen LogP contribution is 2.33. The molecule has 1 saturated carbocycles. The highest BCUT2D eigenvalue weighted by atomic mass is 19.1. The van der Waals surface area contributed by atoms with Crippen molar-refractivity contribution in [2.24, 2.45) is 7.05 Å². The number of aryl methyl sites for hydroxylation is 1. The van der Waals surface area contributed by atoms with Crippen molar-refractivity contribution in [2.45, 2.75) is 38.1 Å². The molecule has 1 aliphatic carbocycles. The third kappa shape index (κ3) is 3.57. The molecule has 0 saturated heterocycles. The molecule has 0 aliphatic heterocycles. The van der Waals surface area contributed by atoms with Gasteiger partial charge in [0.15, 0.2) is 11.5 Å². The van der Waals surface area contributed by atoms with Crippen molar-refractivity contribution >= 4 is 17.0 Å². The minimum atomic E-state index is -0.277. The fourth-order valence-corrected chi connectivity index (χ4v) is 4.05. The van der Waals surface area contributed by atoms with E-state index >= 15 is 0 Å². The SMILES string of the molecule is Cn1cc(-c2cc(F)cc(CNc3ncnc4nc(C5CCCC5)[nH]c34)c2)cn1. The van der Waals surface area contributed by atoms with Gasteiger partial charge in [-0.1, -0.05) is 12.8 Å². The van der Waals surface area contributed by atoms with E-state index < -0.39 is 0 Å². The topological polar surface area (TPSA) is 84.3 Å². The molecule has 3 aromatic heterocycles. The zero-order chi connectivity index (χ0) is 19.8. The molecular weight excluding hydrogens is 369 g/mol. The Balaban J connectivity index is 1.40. The van der Waals surface area contributed by atoms with Gasteiger partial charge in [-0.2, -0.15) is 5.10 Å². The van der Waals surface area contributed by atoms with E-state index in [1.54, 1.807) is 10.9 Å². The number of H-pyrrole nitrogens is 1. The molecule has 0 spiro atoms. The minimum absolute atomic E-state index is 0.277. The quantitative estimate of drug-likeness (QED) is 0.534. The van der Waals surface area contributed by atoms with Crippen LogP contribution in [0.5, 0.6) is 0 Å². The van der Waals surface area contributed by atoms with Crippen LogP contribution in [0, 0.1) is 5.82 Å². The Morgan fingerprint density at radius 3 is 2.83 bits per heavy atom. The average molecular weight is 391 g/mol. The van der Waals surface area contributed by atoms with Gasteiger partial charge < -0.3 is 10.3 Å². The van der Waals surface area contributed by atoms with E-state index in [-0.39, 0.29) is 5.82 Å². The van der Waals surface area contributed by atoms with Crippen molar-refractivity contribution in [3.8, 4) is 11.1 Å². The van der Waals surface area contributed by atoms with E-state index in [9.17, 15) is 4.39 Å². The van der Waals surface area contributed by atoms with Crippen LogP contribution in [0.1, 0.15) is 43.0 Å². The number of nitrogens with zero attached hydrogens (tertiary/aromatic N) is 5. The molecule has 29 heavy (non-hydrogen) atoms. The fourth-order valence-electron chi connectivity index (χ4n) is 4.05. The number of anilines is 1. The minimum Gasteiger partial charge on any atom is -0.364 e. The van der Waals surface area contributed by atoms with Gasteiger partial charge >= 0.3 is 0 Å². The smallest absolute Gasteiger partial charge is 0.183 e. The number of nitrogens with one attached hydrogen (secondary N) is 2. The standard InChI is InChI=1S/C21H22FN7/c1-29-11-16(10-26-29)15-6-13(7-17(22)8-15)9-23-20-18-21(25-12-24-20)28-19(27-18)14-4-2-3-5-14/h6-8,10-12,14H,2-5,9H2,1H3,(H2,23,24,25,27,28). The molecule has 0 radical (unpaired) electrons. The predicted octanol–water partition coefficient (Wildman–Crippen LogP) is 4.16. The molecule has 3 heterocycles. The highest BCUT2D eigenvalue weighted by Gasteiger charge is 2.21. The van der Waals surface area contributed by atoms with E-state index in [4.69, 9.17) is 0 Å². The molecule has 0 bridgehead atoms. The molecule has 0 amide bonds. The molecule has 1 aromatic carbocycles. The second kappa shape index (κ2) is 7.27. The number of hydrogen-bond donors (Lipinski definition) is 2. The lowest BCUT2D eigenvalue weighted by Gasteiger charge is -2.08. The Labute approximate surface area is 167 Å². The van der Waals surface area contributed by atoms with Crippen molar-refractivity contribution in [1.29, 1.82) is 0 Å². The van der Waals surface area contributed by atoms with E-state index in [0.717, 1.165) is 40.9 Å². The van der Waals surface area contributed by atoms with Gasteiger partial charge in [0.1, 0.15) is 23.5 Å². The summed E-state index contributed by atoms with van der Waals surface area (Å²) < 4.78 is 15.9. The van der Waals surface area contributed by atoms with E-state index in [1.165, 1.54) is 31.3 Å². The van der Waals surface area contributed by atoms with Crippen LogP contribution in [0.15, 0.2) is 36.9 Å². The summed E-state index contributed by atoms with van der Waals surface area (Å²) in [4.78, 5) is 16.7. The fraction of sp³-hybridized carbons (Fsp3) is 0.333. The largest absolute Gasteiger partial charge is 0.364 e. The third-order valence-corrected chi connectivity index (χ3v) is 5.50. The molecule has 1 fully saturated rings. The first-order chi connectivity index (χ1) is 14.2. The summed E-state index contributed by atoms with van der Waals surface area (Å²) >= 11 is 0. The number of imidazole rings is 1. The van der Waals surface area contributed by atoms with Crippen molar-refractivity contribution in [2.75, 3.05) is 5.32 Å². The van der Waals surface area contributed by atoms with Crippen LogP contribution in [0.2, 0.25) is 0 Å². The zero-order valence-electron chi connectivity index (χ0n) is 16.2. The zero-order valence-corrected chi connectivity index (χ0v) is 16.2. The van der Waals surface area contributed by atoms with Crippen molar-refractivity contribution in [1.82, 2.24) is 29.7 Å². The number of halogens is 1. The molecule has 4 aromatic rings. The van der Waals surface area contributed by atoms with Crippen LogP contribution in [-0.2, 0) is 13.6 Å². The Bertz CT molecular complexity index is 1160. The lowest BCUT2D eigenvalue weighted by atomic mass is 10.1. The summed E-state index contributed by atoms with van der Waals surface area (Å²) in [6.45, 7) is 0.439. The van der Waals surface area contributed by atoms with Crippen molar-refractivity contribution in [3.63, 3.8) is 0 Å². The van der Waals surface area contributed by atoms with Crippen LogP contribution in [0.25, 0.3) is 22.3 Å². The second-order valence-electron chi connectivity index (χ2n) is 7.63. The third-order valence-electron chi connectivity index (χ3n) is 5.50. The van der Waals surface area contributed by atoms with Gasteiger partial charge in [0.2, 0.25) is 0 Å². The number of aromatic amines is 1. The van der Waals surface area contributed by atoms with Gasteiger partial charge in [-0.25, -0.2) is 19.3 Å². The molecule has 5 rings (SSSR count). The Morgan fingerprint density at radius 2 is 2.03 bits per heavy atom.